The fraction of sp³-hybridized carbons (Fsp3) is 0.200. The highest BCUT2D eigenvalue weighted by Gasteiger charge is 2.26. The maximum absolute atomic E-state index is 13.2. The molecule has 1 aromatic carbocycles. The van der Waals surface area contributed by atoms with Gasteiger partial charge in [0, 0.05) is 30.9 Å². The molecular formula is C20H18ClN3O3S2. The number of amides is 1. The lowest BCUT2D eigenvalue weighted by molar-refractivity contribution is 0.0945. The fourth-order valence-electron chi connectivity index (χ4n) is 3.09. The lowest BCUT2D eigenvalue weighted by Crippen LogP contribution is -2.30. The average Bonchev–Trinajstić information content (AvgIpc) is 3.43. The van der Waals surface area contributed by atoms with Crippen molar-refractivity contribution in [1.29, 1.82) is 0 Å². The molecule has 0 saturated heterocycles. The number of rotatable bonds is 6. The molecule has 0 bridgehead atoms. The zero-order chi connectivity index (χ0) is 20.5. The van der Waals surface area contributed by atoms with Gasteiger partial charge in [0.15, 0.2) is 0 Å². The van der Waals surface area contributed by atoms with Crippen LogP contribution in [0.1, 0.15) is 27.1 Å². The summed E-state index contributed by atoms with van der Waals surface area (Å²) in [5, 5.41) is 6.43. The summed E-state index contributed by atoms with van der Waals surface area (Å²) in [4.78, 5) is 18.1. The number of nitrogens with one attached hydrogen (secondary N) is 1. The van der Waals surface area contributed by atoms with Crippen LogP contribution in [-0.4, -0.2) is 29.7 Å². The summed E-state index contributed by atoms with van der Waals surface area (Å²) in [5.74, 6) is 1.69. The van der Waals surface area contributed by atoms with Gasteiger partial charge in [-0.2, -0.15) is 0 Å². The Kier molecular flexibility index (Phi) is 5.49. The molecule has 3 aromatic heterocycles. The van der Waals surface area contributed by atoms with Crippen LogP contribution in [0.5, 0.6) is 11.5 Å². The number of benzene rings is 1. The lowest BCUT2D eigenvalue weighted by atomic mass is 10.0. The van der Waals surface area contributed by atoms with Gasteiger partial charge in [0.05, 0.1) is 23.3 Å². The Morgan fingerprint density at radius 3 is 2.55 bits per heavy atom. The summed E-state index contributed by atoms with van der Waals surface area (Å²) in [6.45, 7) is 0. The molecule has 0 aliphatic heterocycles. The monoisotopic (exact) mass is 447 g/mol. The van der Waals surface area contributed by atoms with Gasteiger partial charge in [-0.3, -0.25) is 4.79 Å². The van der Waals surface area contributed by atoms with Crippen LogP contribution in [0.15, 0.2) is 42.0 Å². The summed E-state index contributed by atoms with van der Waals surface area (Å²) in [7, 11) is 5.06. The number of methoxy groups -OCH3 is 2. The number of imidazole rings is 1. The first-order valence-corrected chi connectivity index (χ1v) is 10.8. The minimum atomic E-state index is -0.511. The van der Waals surface area contributed by atoms with Crippen molar-refractivity contribution in [3.63, 3.8) is 0 Å². The Balaban J connectivity index is 1.76. The van der Waals surface area contributed by atoms with E-state index in [2.05, 4.69) is 10.3 Å². The van der Waals surface area contributed by atoms with E-state index < -0.39 is 6.04 Å². The Bertz CT molecular complexity index is 1160. The van der Waals surface area contributed by atoms with Gasteiger partial charge in [-0.05, 0) is 29.1 Å². The number of aryl methyl sites for hydroxylation is 1. The summed E-state index contributed by atoms with van der Waals surface area (Å²) >= 11 is 9.43. The molecule has 1 N–H and O–H groups in total. The summed E-state index contributed by atoms with van der Waals surface area (Å²) < 4.78 is 13.7. The van der Waals surface area contributed by atoms with Crippen LogP contribution in [0, 0.1) is 0 Å². The maximum Gasteiger partial charge on any atom is 0.263 e. The van der Waals surface area contributed by atoms with Crippen molar-refractivity contribution >= 4 is 49.6 Å². The summed E-state index contributed by atoms with van der Waals surface area (Å²) in [5.41, 5.74) is 0.790. The van der Waals surface area contributed by atoms with E-state index in [9.17, 15) is 4.79 Å². The van der Waals surface area contributed by atoms with Crippen LogP contribution in [0.3, 0.4) is 0 Å². The lowest BCUT2D eigenvalue weighted by Gasteiger charge is -2.20. The van der Waals surface area contributed by atoms with Crippen LogP contribution in [0.4, 0.5) is 0 Å². The Morgan fingerprint density at radius 1 is 1.24 bits per heavy atom. The van der Waals surface area contributed by atoms with Gasteiger partial charge in [-0.15, -0.1) is 22.7 Å². The molecule has 9 heteroatoms. The third-order valence-corrected chi connectivity index (χ3v) is 7.31. The molecule has 1 amide bonds. The molecule has 1 atom stereocenters. The van der Waals surface area contributed by atoms with Crippen molar-refractivity contribution < 1.29 is 14.3 Å². The summed E-state index contributed by atoms with van der Waals surface area (Å²) in [6, 6.07) is 6.92. The summed E-state index contributed by atoms with van der Waals surface area (Å²) in [6.07, 6.45) is 3.53. The average molecular weight is 448 g/mol. The largest absolute Gasteiger partial charge is 0.497 e. The van der Waals surface area contributed by atoms with Crippen molar-refractivity contribution in [2.75, 3.05) is 14.2 Å². The van der Waals surface area contributed by atoms with Crippen LogP contribution in [-0.2, 0) is 7.05 Å². The first-order chi connectivity index (χ1) is 14.0. The van der Waals surface area contributed by atoms with E-state index in [1.54, 1.807) is 37.8 Å². The Morgan fingerprint density at radius 2 is 1.97 bits per heavy atom. The van der Waals surface area contributed by atoms with Crippen LogP contribution in [0.2, 0.25) is 5.02 Å². The zero-order valence-corrected chi connectivity index (χ0v) is 18.3. The number of hydrogen-bond donors (Lipinski definition) is 1. The zero-order valence-electron chi connectivity index (χ0n) is 15.9. The second-order valence-electron chi connectivity index (χ2n) is 6.32. The van der Waals surface area contributed by atoms with E-state index in [1.165, 1.54) is 11.3 Å². The number of carbonyl (C=O) groups excluding carboxylic acids is 1. The molecule has 0 aliphatic carbocycles. The van der Waals surface area contributed by atoms with Gasteiger partial charge in [0.1, 0.15) is 28.2 Å². The van der Waals surface area contributed by atoms with Gasteiger partial charge in [0.25, 0.3) is 5.91 Å². The van der Waals surface area contributed by atoms with E-state index in [1.807, 2.05) is 41.4 Å². The van der Waals surface area contributed by atoms with Gasteiger partial charge in [-0.1, -0.05) is 11.6 Å². The first-order valence-electron chi connectivity index (χ1n) is 8.68. The topological polar surface area (TPSA) is 65.4 Å². The maximum atomic E-state index is 13.2. The molecule has 0 spiro atoms. The van der Waals surface area contributed by atoms with Crippen LogP contribution < -0.4 is 14.8 Å². The van der Waals surface area contributed by atoms with E-state index in [0.717, 1.165) is 15.0 Å². The molecule has 29 heavy (non-hydrogen) atoms. The highest BCUT2D eigenvalue weighted by Crippen LogP contribution is 2.39. The molecular weight excluding hydrogens is 430 g/mol. The Labute approximate surface area is 180 Å². The highest BCUT2D eigenvalue weighted by molar-refractivity contribution is 7.38. The number of nitrogens with zero attached hydrogens (tertiary/aromatic N) is 2. The molecule has 3 heterocycles. The number of thiophene rings is 2. The van der Waals surface area contributed by atoms with Crippen molar-refractivity contribution in [1.82, 2.24) is 14.9 Å². The molecule has 150 valence electrons. The highest BCUT2D eigenvalue weighted by atomic mass is 35.5. The molecule has 4 aromatic rings. The Hall–Kier alpha value is -2.55. The molecule has 0 aliphatic rings. The first kappa shape index (κ1) is 19.8. The number of aromatic nitrogens is 2. The second-order valence-corrected chi connectivity index (χ2v) is 8.89. The van der Waals surface area contributed by atoms with Crippen LogP contribution >= 0.6 is 34.3 Å². The molecule has 0 radical (unpaired) electrons. The SMILES string of the molecule is COc1cc(OC)cc(C(NC(=O)c2sc3sccc3c2Cl)c2nccn2C)c1. The van der Waals surface area contributed by atoms with Crippen molar-refractivity contribution in [2.45, 2.75) is 6.04 Å². The van der Waals surface area contributed by atoms with Gasteiger partial charge >= 0.3 is 0 Å². The van der Waals surface area contributed by atoms with E-state index in [0.29, 0.717) is 27.2 Å². The van der Waals surface area contributed by atoms with E-state index >= 15 is 0 Å². The molecule has 4 rings (SSSR count). The van der Waals surface area contributed by atoms with Crippen molar-refractivity contribution in [2.24, 2.45) is 7.05 Å². The minimum Gasteiger partial charge on any atom is -0.497 e. The predicted octanol–water partition coefficient (Wildman–Crippen LogP) is 4.89. The van der Waals surface area contributed by atoms with Gasteiger partial charge < -0.3 is 19.4 Å². The minimum absolute atomic E-state index is 0.252. The van der Waals surface area contributed by atoms with Crippen molar-refractivity contribution in [3.05, 3.63) is 63.3 Å². The number of ether oxygens (including phenoxy) is 2. The molecule has 0 fully saturated rings. The van der Waals surface area contributed by atoms with Gasteiger partial charge in [0.2, 0.25) is 0 Å². The van der Waals surface area contributed by atoms with Crippen molar-refractivity contribution in [3.8, 4) is 11.5 Å². The van der Waals surface area contributed by atoms with Gasteiger partial charge in [-0.25, -0.2) is 4.98 Å². The smallest absolute Gasteiger partial charge is 0.263 e. The van der Waals surface area contributed by atoms with E-state index in [4.69, 9.17) is 21.1 Å². The number of hydrogen-bond acceptors (Lipinski definition) is 6. The standard InChI is InChI=1S/C20H18ClN3O3S2/c1-24-6-5-22-18(24)16(11-8-12(26-2)10-13(9-11)27-3)23-19(25)17-15(21)14-4-7-28-20(14)29-17/h4-10,16H,1-3H3,(H,23,25). The molecule has 1 unspecified atom stereocenters. The third kappa shape index (κ3) is 3.71. The fourth-order valence-corrected chi connectivity index (χ4v) is 5.61. The van der Waals surface area contributed by atoms with E-state index in [-0.39, 0.29) is 5.91 Å². The van der Waals surface area contributed by atoms with Crippen LogP contribution in [0.25, 0.3) is 9.40 Å². The molecule has 0 saturated carbocycles. The number of halogens is 1. The number of fused-ring (bicyclic) bond motifs is 1. The predicted molar refractivity (Wildman–Crippen MR) is 117 cm³/mol. The second kappa shape index (κ2) is 8.06. The molecule has 6 nitrogen and oxygen atoms in total. The quantitative estimate of drug-likeness (QED) is 0.457. The third-order valence-electron chi connectivity index (χ3n) is 4.57. The normalized spacial score (nSPS) is 12.1. The number of carbonyl (C=O) groups is 1.